The van der Waals surface area contributed by atoms with Gasteiger partial charge < -0.3 is 4.42 Å². The Labute approximate surface area is 161 Å². The van der Waals surface area contributed by atoms with E-state index in [0.29, 0.717) is 39.0 Å². The van der Waals surface area contributed by atoms with Crippen LogP contribution in [0.4, 0.5) is 19.5 Å². The first-order valence-corrected chi connectivity index (χ1v) is 9.03. The highest BCUT2D eigenvalue weighted by Crippen LogP contribution is 2.41. The minimum absolute atomic E-state index is 0.355. The van der Waals surface area contributed by atoms with Crippen molar-refractivity contribution in [1.29, 1.82) is 0 Å². The molecule has 2 aromatic carbocycles. The molecule has 0 radical (unpaired) electrons. The second-order valence-electron chi connectivity index (χ2n) is 5.72. The summed E-state index contributed by atoms with van der Waals surface area (Å²) in [6, 6.07) is 10.2. The molecule has 0 saturated carbocycles. The SMILES string of the molecule is Cc1nc2cc(Cl)c(-c3ccc(N(C=O)c4c(F)cccc4F)s3)cc2o1. The molecule has 8 heteroatoms. The Hall–Kier alpha value is -2.77. The third-order valence-corrected chi connectivity index (χ3v) is 5.39. The topological polar surface area (TPSA) is 46.3 Å². The molecule has 0 aliphatic carbocycles. The fourth-order valence-electron chi connectivity index (χ4n) is 2.79. The molecule has 4 nitrogen and oxygen atoms in total. The summed E-state index contributed by atoms with van der Waals surface area (Å²) in [5.74, 6) is -1.13. The molecule has 0 N–H and O–H groups in total. The number of benzene rings is 2. The summed E-state index contributed by atoms with van der Waals surface area (Å²) in [7, 11) is 0. The highest BCUT2D eigenvalue weighted by Gasteiger charge is 2.20. The number of para-hydroxylation sites is 1. The molecule has 0 spiro atoms. The van der Waals surface area contributed by atoms with Crippen LogP contribution in [0.15, 0.2) is 46.9 Å². The molecule has 0 aliphatic heterocycles. The molecule has 0 fully saturated rings. The molecular formula is C19H11ClF2N2O2S. The van der Waals surface area contributed by atoms with Gasteiger partial charge in [-0.15, -0.1) is 11.3 Å². The maximum Gasteiger partial charge on any atom is 0.219 e. The largest absolute Gasteiger partial charge is 0.441 e. The number of aryl methyl sites for hydroxylation is 1. The Morgan fingerprint density at radius 3 is 2.63 bits per heavy atom. The van der Waals surface area contributed by atoms with Crippen molar-refractivity contribution in [3.05, 3.63) is 65.0 Å². The van der Waals surface area contributed by atoms with Crippen LogP contribution < -0.4 is 4.90 Å². The quantitative estimate of drug-likeness (QED) is 0.386. The third-order valence-electron chi connectivity index (χ3n) is 3.96. The van der Waals surface area contributed by atoms with Gasteiger partial charge >= 0.3 is 0 Å². The summed E-state index contributed by atoms with van der Waals surface area (Å²) in [5.41, 5.74) is 1.47. The summed E-state index contributed by atoms with van der Waals surface area (Å²) in [6.07, 6.45) is 0.377. The molecule has 2 heterocycles. The minimum atomic E-state index is -0.825. The van der Waals surface area contributed by atoms with E-state index in [-0.39, 0.29) is 0 Å². The van der Waals surface area contributed by atoms with Crippen LogP contribution in [0.3, 0.4) is 0 Å². The normalized spacial score (nSPS) is 11.1. The molecule has 27 heavy (non-hydrogen) atoms. The van der Waals surface area contributed by atoms with E-state index in [0.717, 1.165) is 21.9 Å². The lowest BCUT2D eigenvalue weighted by atomic mass is 10.1. The van der Waals surface area contributed by atoms with E-state index in [1.165, 1.54) is 17.4 Å². The summed E-state index contributed by atoms with van der Waals surface area (Å²) in [6.45, 7) is 1.74. The van der Waals surface area contributed by atoms with Crippen LogP contribution in [-0.4, -0.2) is 11.4 Å². The number of hydrogen-bond donors (Lipinski definition) is 0. The number of halogens is 3. The molecule has 4 rings (SSSR count). The van der Waals surface area contributed by atoms with E-state index in [9.17, 15) is 13.6 Å². The second kappa shape index (κ2) is 6.75. The van der Waals surface area contributed by atoms with Gasteiger partial charge in [-0.3, -0.25) is 9.69 Å². The van der Waals surface area contributed by atoms with Gasteiger partial charge in [-0.25, -0.2) is 13.8 Å². The van der Waals surface area contributed by atoms with E-state index in [1.54, 1.807) is 31.2 Å². The average molecular weight is 405 g/mol. The van der Waals surface area contributed by atoms with Crippen LogP contribution in [0.25, 0.3) is 21.5 Å². The summed E-state index contributed by atoms with van der Waals surface area (Å²) >= 11 is 7.53. The van der Waals surface area contributed by atoms with Gasteiger partial charge in [0.2, 0.25) is 6.41 Å². The average Bonchev–Trinajstić information content (AvgIpc) is 3.23. The number of oxazole rings is 1. The minimum Gasteiger partial charge on any atom is -0.441 e. The number of carbonyl (C=O) groups excluding carboxylic acids is 1. The maximum atomic E-state index is 14.1. The van der Waals surface area contributed by atoms with Crippen molar-refractivity contribution in [2.75, 3.05) is 4.90 Å². The van der Waals surface area contributed by atoms with Gasteiger partial charge in [0.05, 0.1) is 5.02 Å². The number of hydrogen-bond acceptors (Lipinski definition) is 4. The zero-order valence-electron chi connectivity index (χ0n) is 13.9. The molecule has 136 valence electrons. The van der Waals surface area contributed by atoms with E-state index >= 15 is 0 Å². The van der Waals surface area contributed by atoms with Crippen molar-refractivity contribution < 1.29 is 18.0 Å². The van der Waals surface area contributed by atoms with Crippen molar-refractivity contribution in [3.63, 3.8) is 0 Å². The van der Waals surface area contributed by atoms with Crippen LogP contribution >= 0.6 is 22.9 Å². The first-order chi connectivity index (χ1) is 13.0. The van der Waals surface area contributed by atoms with E-state index in [4.69, 9.17) is 16.0 Å². The fraction of sp³-hybridized carbons (Fsp3) is 0.0526. The van der Waals surface area contributed by atoms with Gasteiger partial charge in [0.25, 0.3) is 0 Å². The van der Waals surface area contributed by atoms with Crippen LogP contribution in [0.5, 0.6) is 0 Å². The fourth-order valence-corrected chi connectivity index (χ4v) is 4.11. The van der Waals surface area contributed by atoms with Crippen molar-refractivity contribution in [1.82, 2.24) is 4.98 Å². The smallest absolute Gasteiger partial charge is 0.219 e. The number of nitrogens with zero attached hydrogens (tertiary/aromatic N) is 2. The van der Waals surface area contributed by atoms with E-state index in [2.05, 4.69) is 4.98 Å². The van der Waals surface area contributed by atoms with E-state index in [1.807, 2.05) is 0 Å². The molecule has 2 aromatic heterocycles. The van der Waals surface area contributed by atoms with Crippen LogP contribution in [0.1, 0.15) is 5.89 Å². The molecular weight excluding hydrogens is 394 g/mol. The van der Waals surface area contributed by atoms with Crippen molar-refractivity contribution >= 4 is 51.1 Å². The lowest BCUT2D eigenvalue weighted by Crippen LogP contribution is -2.15. The lowest BCUT2D eigenvalue weighted by Gasteiger charge is -2.16. The van der Waals surface area contributed by atoms with Gasteiger partial charge in [0.15, 0.2) is 11.5 Å². The van der Waals surface area contributed by atoms with Crippen LogP contribution in [0, 0.1) is 18.6 Å². The standard InChI is InChI=1S/C19H11ClF2N2O2S/c1-10-23-15-8-12(20)11(7-16(15)26-10)17-5-6-18(27-17)24(9-25)19-13(21)3-2-4-14(19)22/h2-9H,1H3. The zero-order valence-corrected chi connectivity index (χ0v) is 15.4. The predicted molar refractivity (Wildman–Crippen MR) is 102 cm³/mol. The van der Waals surface area contributed by atoms with Crippen molar-refractivity contribution in [2.45, 2.75) is 6.92 Å². The maximum absolute atomic E-state index is 14.1. The van der Waals surface area contributed by atoms with Crippen molar-refractivity contribution in [2.24, 2.45) is 0 Å². The Bertz CT molecular complexity index is 1150. The Kier molecular flexibility index (Phi) is 4.41. The number of rotatable bonds is 4. The summed E-state index contributed by atoms with van der Waals surface area (Å²) in [4.78, 5) is 17.4. The van der Waals surface area contributed by atoms with Crippen LogP contribution in [-0.2, 0) is 4.79 Å². The molecule has 0 atom stereocenters. The highest BCUT2D eigenvalue weighted by atomic mass is 35.5. The molecule has 0 saturated heterocycles. The van der Waals surface area contributed by atoms with E-state index < -0.39 is 17.3 Å². The molecule has 4 aromatic rings. The first kappa shape index (κ1) is 17.6. The predicted octanol–water partition coefficient (Wildman–Crippen LogP) is 6.09. The highest BCUT2D eigenvalue weighted by molar-refractivity contribution is 7.19. The number of anilines is 2. The van der Waals surface area contributed by atoms with Crippen molar-refractivity contribution in [3.8, 4) is 10.4 Å². The molecule has 0 aliphatic rings. The summed E-state index contributed by atoms with van der Waals surface area (Å²) < 4.78 is 33.7. The molecule has 0 unspecified atom stereocenters. The number of thiophene rings is 1. The third kappa shape index (κ3) is 3.09. The number of carbonyl (C=O) groups is 1. The van der Waals surface area contributed by atoms with Gasteiger partial charge in [-0.2, -0.15) is 0 Å². The lowest BCUT2D eigenvalue weighted by molar-refractivity contribution is -0.106. The molecule has 1 amide bonds. The van der Waals surface area contributed by atoms with Gasteiger partial charge in [0, 0.05) is 17.4 Å². The first-order valence-electron chi connectivity index (χ1n) is 7.83. The monoisotopic (exact) mass is 404 g/mol. The van der Waals surface area contributed by atoms with Gasteiger partial charge in [-0.05, 0) is 36.4 Å². The number of fused-ring (bicyclic) bond motifs is 1. The Balaban J connectivity index is 1.79. The zero-order chi connectivity index (χ0) is 19.1. The molecule has 0 bridgehead atoms. The Morgan fingerprint density at radius 2 is 1.93 bits per heavy atom. The van der Waals surface area contributed by atoms with Crippen LogP contribution in [0.2, 0.25) is 5.02 Å². The summed E-state index contributed by atoms with van der Waals surface area (Å²) in [5, 5.41) is 0.813. The number of aromatic nitrogens is 1. The number of amides is 1. The van der Waals surface area contributed by atoms with Gasteiger partial charge in [0.1, 0.15) is 27.8 Å². The van der Waals surface area contributed by atoms with Gasteiger partial charge in [-0.1, -0.05) is 17.7 Å². The second-order valence-corrected chi connectivity index (χ2v) is 7.19. The Morgan fingerprint density at radius 1 is 1.19 bits per heavy atom.